The van der Waals surface area contributed by atoms with Crippen molar-refractivity contribution in [2.75, 3.05) is 4.90 Å². The standard InChI is InChI=1S/C17H13F5N2O3/c1-9(25)11-3-2-4-12-14(11)27-17(21,22)15(26)24(12)8-10-5-6-13(23-7-10)16(18,19)20/h2-7,9,25H,8H2,1H3/t9-/m1/s1. The van der Waals surface area contributed by atoms with Crippen LogP contribution in [0.25, 0.3) is 0 Å². The number of amides is 1. The lowest BCUT2D eigenvalue weighted by Gasteiger charge is -2.35. The van der Waals surface area contributed by atoms with E-state index in [9.17, 15) is 31.9 Å². The molecule has 1 amide bonds. The molecule has 1 aliphatic rings. The van der Waals surface area contributed by atoms with Gasteiger partial charge in [-0.1, -0.05) is 18.2 Å². The molecule has 10 heteroatoms. The molecule has 27 heavy (non-hydrogen) atoms. The van der Waals surface area contributed by atoms with E-state index < -0.39 is 36.5 Å². The van der Waals surface area contributed by atoms with Crippen LogP contribution >= 0.6 is 0 Å². The molecule has 0 bridgehead atoms. The number of ether oxygens (including phenoxy) is 1. The molecule has 0 saturated heterocycles. The summed E-state index contributed by atoms with van der Waals surface area (Å²) < 4.78 is 70.4. The summed E-state index contributed by atoms with van der Waals surface area (Å²) in [7, 11) is 0. The van der Waals surface area contributed by atoms with Gasteiger partial charge in [0.15, 0.2) is 5.75 Å². The molecule has 1 atom stereocenters. The van der Waals surface area contributed by atoms with Gasteiger partial charge in [0.2, 0.25) is 0 Å². The number of carbonyl (C=O) groups is 1. The number of anilines is 1. The predicted molar refractivity (Wildman–Crippen MR) is 83.1 cm³/mol. The minimum absolute atomic E-state index is 0.0239. The van der Waals surface area contributed by atoms with E-state index in [0.29, 0.717) is 11.0 Å². The summed E-state index contributed by atoms with van der Waals surface area (Å²) >= 11 is 0. The number of hydrogen-bond acceptors (Lipinski definition) is 4. The Labute approximate surface area is 150 Å². The van der Waals surface area contributed by atoms with Crippen LogP contribution in [0, 0.1) is 0 Å². The first-order valence-corrected chi connectivity index (χ1v) is 7.72. The fourth-order valence-electron chi connectivity index (χ4n) is 2.66. The highest BCUT2D eigenvalue weighted by atomic mass is 19.4. The highest BCUT2D eigenvalue weighted by Crippen LogP contribution is 2.44. The number of para-hydroxylation sites is 1. The second-order valence-corrected chi connectivity index (χ2v) is 5.93. The van der Waals surface area contributed by atoms with E-state index in [0.717, 1.165) is 12.3 Å². The van der Waals surface area contributed by atoms with E-state index in [4.69, 9.17) is 0 Å². The fraction of sp³-hybridized carbons (Fsp3) is 0.294. The van der Waals surface area contributed by atoms with E-state index in [-0.39, 0.29) is 22.6 Å². The molecule has 1 aromatic heterocycles. The number of aliphatic hydroxyl groups is 1. The number of aliphatic hydroxyl groups excluding tert-OH is 1. The number of hydrogen-bond donors (Lipinski definition) is 1. The maximum absolute atomic E-state index is 14.0. The highest BCUT2D eigenvalue weighted by molar-refractivity contribution is 6.01. The maximum atomic E-state index is 14.0. The minimum atomic E-state index is -4.64. The maximum Gasteiger partial charge on any atom is 0.483 e. The monoisotopic (exact) mass is 388 g/mol. The molecule has 1 N–H and O–H groups in total. The second kappa shape index (κ2) is 6.45. The number of rotatable bonds is 3. The van der Waals surface area contributed by atoms with E-state index >= 15 is 0 Å². The summed E-state index contributed by atoms with van der Waals surface area (Å²) in [6, 6.07) is 5.90. The van der Waals surface area contributed by atoms with Crippen molar-refractivity contribution in [2.24, 2.45) is 0 Å². The highest BCUT2D eigenvalue weighted by Gasteiger charge is 2.51. The number of carbonyl (C=O) groups excluding carboxylic acids is 1. The number of pyridine rings is 1. The molecule has 0 fully saturated rings. The Kier molecular flexibility index (Phi) is 4.54. The fourth-order valence-corrected chi connectivity index (χ4v) is 2.66. The van der Waals surface area contributed by atoms with Crippen molar-refractivity contribution in [2.45, 2.75) is 31.9 Å². The minimum Gasteiger partial charge on any atom is -0.423 e. The first-order valence-electron chi connectivity index (χ1n) is 7.72. The van der Waals surface area contributed by atoms with Crippen LogP contribution < -0.4 is 9.64 Å². The van der Waals surface area contributed by atoms with Gasteiger partial charge < -0.3 is 9.84 Å². The number of halogens is 5. The lowest BCUT2D eigenvalue weighted by atomic mass is 10.1. The smallest absolute Gasteiger partial charge is 0.423 e. The number of aromatic nitrogens is 1. The Morgan fingerprint density at radius 3 is 2.52 bits per heavy atom. The van der Waals surface area contributed by atoms with Crippen LogP contribution in [-0.2, 0) is 17.5 Å². The largest absolute Gasteiger partial charge is 0.483 e. The lowest BCUT2D eigenvalue weighted by molar-refractivity contribution is -0.193. The summed E-state index contributed by atoms with van der Waals surface area (Å²) in [6.07, 6.45) is -9.10. The zero-order valence-electron chi connectivity index (χ0n) is 13.8. The van der Waals surface area contributed by atoms with Crippen LogP contribution in [0.5, 0.6) is 5.75 Å². The SMILES string of the molecule is C[C@@H](O)c1cccc2c1OC(F)(F)C(=O)N2Cc1ccc(C(F)(F)F)nc1. The van der Waals surface area contributed by atoms with Crippen molar-refractivity contribution in [3.63, 3.8) is 0 Å². The van der Waals surface area contributed by atoms with Crippen LogP contribution in [0.15, 0.2) is 36.5 Å². The zero-order chi connectivity index (χ0) is 20.0. The van der Waals surface area contributed by atoms with Gasteiger partial charge in [-0.05, 0) is 24.6 Å². The molecular weight excluding hydrogens is 375 g/mol. The van der Waals surface area contributed by atoms with Crippen molar-refractivity contribution in [3.05, 3.63) is 53.3 Å². The summed E-state index contributed by atoms with van der Waals surface area (Å²) in [5.41, 5.74) is -0.997. The molecule has 144 valence electrons. The molecule has 0 spiro atoms. The van der Waals surface area contributed by atoms with Crippen LogP contribution in [0.1, 0.15) is 29.8 Å². The molecule has 0 aliphatic carbocycles. The van der Waals surface area contributed by atoms with Gasteiger partial charge >= 0.3 is 18.2 Å². The third kappa shape index (κ3) is 3.57. The Bertz CT molecular complexity index is 866. The van der Waals surface area contributed by atoms with Crippen LogP contribution in [0.3, 0.4) is 0 Å². The van der Waals surface area contributed by atoms with Gasteiger partial charge in [-0.3, -0.25) is 14.7 Å². The Balaban J connectivity index is 2.00. The molecule has 2 heterocycles. The van der Waals surface area contributed by atoms with Crippen LogP contribution in [0.4, 0.5) is 27.6 Å². The molecule has 2 aromatic rings. The average Bonchev–Trinajstić information content (AvgIpc) is 2.57. The van der Waals surface area contributed by atoms with Crippen LogP contribution in [0.2, 0.25) is 0 Å². The summed E-state index contributed by atoms with van der Waals surface area (Å²) in [5.74, 6) is -2.03. The van der Waals surface area contributed by atoms with Crippen LogP contribution in [-0.4, -0.2) is 22.1 Å². The number of benzene rings is 1. The van der Waals surface area contributed by atoms with Gasteiger partial charge in [-0.15, -0.1) is 0 Å². The van der Waals surface area contributed by atoms with Gasteiger partial charge in [-0.25, -0.2) is 0 Å². The molecule has 3 rings (SSSR count). The molecule has 0 unspecified atom stereocenters. The molecule has 0 saturated carbocycles. The van der Waals surface area contributed by atoms with Gasteiger partial charge in [-0.2, -0.15) is 22.0 Å². The summed E-state index contributed by atoms with van der Waals surface area (Å²) in [4.78, 5) is 16.1. The topological polar surface area (TPSA) is 62.7 Å². The van der Waals surface area contributed by atoms with E-state index in [1.807, 2.05) is 0 Å². The van der Waals surface area contributed by atoms with Gasteiger partial charge in [0.25, 0.3) is 0 Å². The van der Waals surface area contributed by atoms with Gasteiger partial charge in [0.05, 0.1) is 18.3 Å². The molecule has 0 radical (unpaired) electrons. The Morgan fingerprint density at radius 1 is 1.26 bits per heavy atom. The first-order chi connectivity index (χ1) is 12.5. The predicted octanol–water partition coefficient (Wildman–Crippen LogP) is 3.67. The molecular formula is C17H13F5N2O3. The third-order valence-corrected chi connectivity index (χ3v) is 3.95. The third-order valence-electron chi connectivity index (χ3n) is 3.95. The molecule has 5 nitrogen and oxygen atoms in total. The molecule has 1 aliphatic heterocycles. The van der Waals surface area contributed by atoms with Crippen molar-refractivity contribution in [1.82, 2.24) is 4.98 Å². The van der Waals surface area contributed by atoms with Gasteiger partial charge in [0.1, 0.15) is 5.69 Å². The van der Waals surface area contributed by atoms with E-state index in [2.05, 4.69) is 9.72 Å². The number of fused-ring (bicyclic) bond motifs is 1. The molecule has 1 aromatic carbocycles. The summed E-state index contributed by atoms with van der Waals surface area (Å²) in [5, 5.41) is 9.75. The Morgan fingerprint density at radius 2 is 1.96 bits per heavy atom. The lowest BCUT2D eigenvalue weighted by Crippen LogP contribution is -2.50. The van der Waals surface area contributed by atoms with Crippen molar-refractivity contribution in [3.8, 4) is 5.75 Å². The van der Waals surface area contributed by atoms with E-state index in [1.54, 1.807) is 0 Å². The number of alkyl halides is 5. The zero-order valence-corrected chi connectivity index (χ0v) is 13.8. The van der Waals surface area contributed by atoms with Crippen molar-refractivity contribution in [1.29, 1.82) is 0 Å². The average molecular weight is 388 g/mol. The van der Waals surface area contributed by atoms with Crippen molar-refractivity contribution >= 4 is 11.6 Å². The summed E-state index contributed by atoms with van der Waals surface area (Å²) in [6.45, 7) is 0.900. The normalized spacial score (nSPS) is 17.3. The number of nitrogens with zero attached hydrogens (tertiary/aromatic N) is 2. The van der Waals surface area contributed by atoms with Crippen molar-refractivity contribution < 1.29 is 36.6 Å². The second-order valence-electron chi connectivity index (χ2n) is 5.93. The first kappa shape index (κ1) is 19.0. The Hall–Kier alpha value is -2.75. The quantitative estimate of drug-likeness (QED) is 0.815. The van der Waals surface area contributed by atoms with E-state index in [1.165, 1.54) is 25.1 Å². The van der Waals surface area contributed by atoms with Gasteiger partial charge in [0, 0.05) is 11.8 Å².